The van der Waals surface area contributed by atoms with Crippen LogP contribution in [0.4, 0.5) is 0 Å². The second kappa shape index (κ2) is 11.3. The fourth-order valence-electron chi connectivity index (χ4n) is 3.93. The topological polar surface area (TPSA) is 60.9 Å². The third-order valence-corrected chi connectivity index (χ3v) is 6.54. The Bertz CT molecular complexity index is 1040. The Balaban J connectivity index is 1.45. The molecule has 33 heavy (non-hydrogen) atoms. The maximum Gasteiger partial charge on any atom is 0.229 e. The standard InChI is InChI=1S/C26H30N2O4S/c1-3-31-22-11-9-20(10-12-22)26-27-21(18-33-26)15-25(29)28(17-24-8-5-13-32-24)16-19-6-4-7-23(14-19)30-2/h4,6-7,9-12,14,18,24H,3,5,8,13,15-17H2,1-2H3. The molecule has 1 aromatic heterocycles. The van der Waals surface area contributed by atoms with Crippen molar-refractivity contribution in [3.05, 3.63) is 65.2 Å². The lowest BCUT2D eigenvalue weighted by molar-refractivity contribution is -0.132. The average molecular weight is 467 g/mol. The van der Waals surface area contributed by atoms with Crippen molar-refractivity contribution < 1.29 is 19.0 Å². The summed E-state index contributed by atoms with van der Waals surface area (Å²) in [4.78, 5) is 19.9. The number of benzene rings is 2. The largest absolute Gasteiger partial charge is 0.497 e. The molecule has 3 aromatic rings. The molecule has 174 valence electrons. The van der Waals surface area contributed by atoms with Crippen LogP contribution in [0.25, 0.3) is 10.6 Å². The molecule has 7 heteroatoms. The average Bonchev–Trinajstić information content (AvgIpc) is 3.52. The van der Waals surface area contributed by atoms with Gasteiger partial charge in [-0.15, -0.1) is 11.3 Å². The summed E-state index contributed by atoms with van der Waals surface area (Å²) in [6.07, 6.45) is 2.39. The van der Waals surface area contributed by atoms with Crippen LogP contribution in [0, 0.1) is 0 Å². The van der Waals surface area contributed by atoms with Crippen LogP contribution in [0.15, 0.2) is 53.9 Å². The number of aromatic nitrogens is 1. The minimum Gasteiger partial charge on any atom is -0.497 e. The molecule has 6 nitrogen and oxygen atoms in total. The monoisotopic (exact) mass is 466 g/mol. The molecule has 0 aliphatic carbocycles. The number of thiazole rings is 1. The van der Waals surface area contributed by atoms with Gasteiger partial charge in [0.1, 0.15) is 16.5 Å². The molecule has 1 aliphatic rings. The Morgan fingerprint density at radius 2 is 2.06 bits per heavy atom. The second-order valence-corrected chi connectivity index (χ2v) is 8.90. The molecular weight excluding hydrogens is 436 g/mol. The maximum absolute atomic E-state index is 13.3. The smallest absolute Gasteiger partial charge is 0.229 e. The predicted molar refractivity (Wildman–Crippen MR) is 130 cm³/mol. The van der Waals surface area contributed by atoms with E-state index in [0.29, 0.717) is 19.7 Å². The number of carbonyl (C=O) groups is 1. The van der Waals surface area contributed by atoms with Gasteiger partial charge in [0.05, 0.1) is 31.9 Å². The lowest BCUT2D eigenvalue weighted by Gasteiger charge is -2.25. The summed E-state index contributed by atoms with van der Waals surface area (Å²) in [5.74, 6) is 1.68. The summed E-state index contributed by atoms with van der Waals surface area (Å²) >= 11 is 1.55. The molecule has 0 spiro atoms. The van der Waals surface area contributed by atoms with E-state index in [9.17, 15) is 4.79 Å². The number of rotatable bonds is 10. The number of hydrogen-bond acceptors (Lipinski definition) is 6. The number of nitrogens with zero attached hydrogens (tertiary/aromatic N) is 2. The van der Waals surface area contributed by atoms with Crippen molar-refractivity contribution in [3.8, 4) is 22.1 Å². The zero-order valence-corrected chi connectivity index (χ0v) is 20.0. The van der Waals surface area contributed by atoms with Gasteiger partial charge < -0.3 is 19.1 Å². The van der Waals surface area contributed by atoms with E-state index in [1.165, 1.54) is 0 Å². The minimum atomic E-state index is 0.0527. The van der Waals surface area contributed by atoms with Gasteiger partial charge in [-0.2, -0.15) is 0 Å². The first-order valence-electron chi connectivity index (χ1n) is 11.3. The molecule has 4 rings (SSSR count). The van der Waals surface area contributed by atoms with Crippen LogP contribution in [-0.2, 0) is 22.5 Å². The molecule has 0 N–H and O–H groups in total. The highest BCUT2D eigenvalue weighted by molar-refractivity contribution is 7.13. The first-order chi connectivity index (χ1) is 16.1. The fraction of sp³-hybridized carbons (Fsp3) is 0.385. The summed E-state index contributed by atoms with van der Waals surface area (Å²) < 4.78 is 16.7. The van der Waals surface area contributed by atoms with Gasteiger partial charge in [0.15, 0.2) is 0 Å². The van der Waals surface area contributed by atoms with E-state index in [4.69, 9.17) is 19.2 Å². The van der Waals surface area contributed by atoms with Gasteiger partial charge in [0.25, 0.3) is 0 Å². The van der Waals surface area contributed by atoms with Gasteiger partial charge in [-0.3, -0.25) is 4.79 Å². The van der Waals surface area contributed by atoms with E-state index in [1.54, 1.807) is 18.4 Å². The lowest BCUT2D eigenvalue weighted by atomic mass is 10.1. The van der Waals surface area contributed by atoms with E-state index in [-0.39, 0.29) is 18.4 Å². The van der Waals surface area contributed by atoms with Crippen LogP contribution in [0.2, 0.25) is 0 Å². The number of hydrogen-bond donors (Lipinski definition) is 0. The highest BCUT2D eigenvalue weighted by atomic mass is 32.1. The van der Waals surface area contributed by atoms with E-state index in [1.807, 2.05) is 65.7 Å². The number of methoxy groups -OCH3 is 1. The fourth-order valence-corrected chi connectivity index (χ4v) is 4.75. The zero-order chi connectivity index (χ0) is 23.0. The third-order valence-electron chi connectivity index (χ3n) is 5.60. The molecule has 1 aliphatic heterocycles. The Kier molecular flexibility index (Phi) is 7.96. The van der Waals surface area contributed by atoms with Crippen molar-refractivity contribution in [2.45, 2.75) is 38.8 Å². The summed E-state index contributed by atoms with van der Waals surface area (Å²) in [7, 11) is 1.65. The maximum atomic E-state index is 13.3. The predicted octanol–water partition coefficient (Wildman–Crippen LogP) is 4.97. The first kappa shape index (κ1) is 23.3. The van der Waals surface area contributed by atoms with Gasteiger partial charge in [-0.1, -0.05) is 12.1 Å². The molecule has 1 unspecified atom stereocenters. The Hall–Kier alpha value is -2.90. The highest BCUT2D eigenvalue weighted by Crippen LogP contribution is 2.26. The number of carbonyl (C=O) groups excluding carboxylic acids is 1. The Morgan fingerprint density at radius 1 is 1.21 bits per heavy atom. The summed E-state index contributed by atoms with van der Waals surface area (Å²) in [6, 6.07) is 15.8. The van der Waals surface area contributed by atoms with E-state index >= 15 is 0 Å². The van der Waals surface area contributed by atoms with Crippen LogP contribution >= 0.6 is 11.3 Å². The molecule has 1 atom stereocenters. The molecule has 1 fully saturated rings. The quantitative estimate of drug-likeness (QED) is 0.422. The molecule has 1 saturated heterocycles. The summed E-state index contributed by atoms with van der Waals surface area (Å²) in [6.45, 7) is 4.48. The lowest BCUT2D eigenvalue weighted by Crippen LogP contribution is -2.37. The molecule has 0 radical (unpaired) electrons. The minimum absolute atomic E-state index is 0.0527. The van der Waals surface area contributed by atoms with Gasteiger partial charge >= 0.3 is 0 Å². The normalized spacial score (nSPS) is 15.4. The summed E-state index contributed by atoms with van der Waals surface area (Å²) in [5.41, 5.74) is 2.85. The van der Waals surface area contributed by atoms with Gasteiger partial charge in [0.2, 0.25) is 5.91 Å². The van der Waals surface area contributed by atoms with Crippen LogP contribution < -0.4 is 9.47 Å². The van der Waals surface area contributed by atoms with Crippen molar-refractivity contribution in [1.82, 2.24) is 9.88 Å². The Labute approximate surface area is 199 Å². The van der Waals surface area contributed by atoms with Gasteiger partial charge in [0, 0.05) is 30.6 Å². The third kappa shape index (κ3) is 6.33. The molecule has 0 saturated carbocycles. The SMILES string of the molecule is CCOc1ccc(-c2nc(CC(=O)N(Cc3cccc(OC)c3)CC3CCCO3)cs2)cc1. The van der Waals surface area contributed by atoms with Gasteiger partial charge in [-0.25, -0.2) is 4.98 Å². The van der Waals surface area contributed by atoms with Crippen molar-refractivity contribution in [3.63, 3.8) is 0 Å². The van der Waals surface area contributed by atoms with Crippen LogP contribution in [0.5, 0.6) is 11.5 Å². The van der Waals surface area contributed by atoms with Crippen LogP contribution in [-0.4, -0.2) is 48.8 Å². The van der Waals surface area contributed by atoms with E-state index < -0.39 is 0 Å². The number of amides is 1. The highest BCUT2D eigenvalue weighted by Gasteiger charge is 2.23. The zero-order valence-electron chi connectivity index (χ0n) is 19.2. The van der Waals surface area contributed by atoms with Crippen LogP contribution in [0.3, 0.4) is 0 Å². The Morgan fingerprint density at radius 3 is 2.79 bits per heavy atom. The molecule has 2 heterocycles. The molecular formula is C26H30N2O4S. The first-order valence-corrected chi connectivity index (χ1v) is 12.2. The van der Waals surface area contributed by atoms with Crippen molar-refractivity contribution >= 4 is 17.2 Å². The summed E-state index contributed by atoms with van der Waals surface area (Å²) in [5, 5.41) is 2.87. The van der Waals surface area contributed by atoms with E-state index in [2.05, 4.69) is 0 Å². The molecule has 0 bridgehead atoms. The molecule has 1 amide bonds. The van der Waals surface area contributed by atoms with Crippen LogP contribution in [0.1, 0.15) is 31.0 Å². The second-order valence-electron chi connectivity index (χ2n) is 8.04. The van der Waals surface area contributed by atoms with Crippen molar-refractivity contribution in [2.75, 3.05) is 26.9 Å². The number of ether oxygens (including phenoxy) is 3. The van der Waals surface area contributed by atoms with Crippen molar-refractivity contribution in [1.29, 1.82) is 0 Å². The van der Waals surface area contributed by atoms with E-state index in [0.717, 1.165) is 52.8 Å². The molecule has 2 aromatic carbocycles. The van der Waals surface area contributed by atoms with Crippen molar-refractivity contribution in [2.24, 2.45) is 0 Å². The van der Waals surface area contributed by atoms with Gasteiger partial charge in [-0.05, 0) is 61.7 Å².